The second-order valence-corrected chi connectivity index (χ2v) is 11.0. The molecule has 0 saturated heterocycles. The molecule has 0 radical (unpaired) electrons. The van der Waals surface area contributed by atoms with Gasteiger partial charge in [0, 0.05) is 6.54 Å². The van der Waals surface area contributed by atoms with Gasteiger partial charge in [-0.05, 0) is 43.6 Å². The number of aliphatic hydroxyl groups excluding tert-OH is 1. The number of carboxylic acid groups (broad SMARTS) is 6. The van der Waals surface area contributed by atoms with Gasteiger partial charge in [0.25, 0.3) is 0 Å². The molecule has 0 aromatic carbocycles. The van der Waals surface area contributed by atoms with Crippen LogP contribution < -0.4 is 34.0 Å². The van der Waals surface area contributed by atoms with E-state index in [2.05, 4.69) is 11.1 Å². The highest BCUT2D eigenvalue weighted by Crippen LogP contribution is 2.07. The number of carboxylic acids is 6. The SMILES string of the molecule is CC(C)C[C@H](N)C(=O)O.CC(C)[C@H](N)C(=O)O.CC[C@H](C)[C@H](NCC(O)C(=O)O)C(=O)O.NCC(=O)O.NCCCC[C@H](N)C(=O)O. The molecular formula is C28H60N6O13. The first-order valence-electron chi connectivity index (χ1n) is 14.9. The number of aliphatic carboxylic acids is 6. The Morgan fingerprint density at radius 3 is 1.34 bits per heavy atom. The fourth-order valence-electron chi connectivity index (χ4n) is 2.62. The van der Waals surface area contributed by atoms with Crippen LogP contribution >= 0.6 is 0 Å². The lowest BCUT2D eigenvalue weighted by Gasteiger charge is -2.20. The lowest BCUT2D eigenvalue weighted by Crippen LogP contribution is -2.46. The van der Waals surface area contributed by atoms with Gasteiger partial charge in [-0.1, -0.05) is 54.4 Å². The number of hydrogen-bond acceptors (Lipinski definition) is 13. The average Bonchev–Trinajstić information content (AvgIpc) is 2.96. The summed E-state index contributed by atoms with van der Waals surface area (Å²) in [6, 6.07) is -2.95. The number of nitrogens with two attached hydrogens (primary N) is 5. The third-order valence-corrected chi connectivity index (χ3v) is 5.80. The van der Waals surface area contributed by atoms with Crippen LogP contribution in [0.3, 0.4) is 0 Å². The summed E-state index contributed by atoms with van der Waals surface area (Å²) in [7, 11) is 0. The highest BCUT2D eigenvalue weighted by Gasteiger charge is 2.25. The first kappa shape index (κ1) is 53.0. The molecule has 6 atom stereocenters. The Labute approximate surface area is 275 Å². The van der Waals surface area contributed by atoms with Crippen molar-refractivity contribution in [2.75, 3.05) is 19.6 Å². The molecule has 0 bridgehead atoms. The molecule has 0 fully saturated rings. The van der Waals surface area contributed by atoms with E-state index in [0.717, 1.165) is 12.8 Å². The summed E-state index contributed by atoms with van der Waals surface area (Å²) < 4.78 is 0. The van der Waals surface area contributed by atoms with E-state index in [-0.39, 0.29) is 24.9 Å². The van der Waals surface area contributed by atoms with Gasteiger partial charge in [0.2, 0.25) is 0 Å². The van der Waals surface area contributed by atoms with Crippen molar-refractivity contribution in [3.05, 3.63) is 0 Å². The third kappa shape index (κ3) is 38.6. The summed E-state index contributed by atoms with van der Waals surface area (Å²) in [5, 5.41) is 61.2. The zero-order chi connectivity index (χ0) is 38.4. The normalized spacial score (nSPS) is 13.9. The molecule has 18 N–H and O–H groups in total. The molecule has 0 spiro atoms. The summed E-state index contributed by atoms with van der Waals surface area (Å²) in [5.74, 6) is -5.89. The maximum atomic E-state index is 10.8. The number of nitrogens with one attached hydrogen (secondary N) is 1. The van der Waals surface area contributed by atoms with Crippen molar-refractivity contribution in [2.24, 2.45) is 46.4 Å². The standard InChI is InChI=1S/C9H17NO5.C6H14N2O2.C6H13NO2.C5H11NO2.C2H5NO2/c1-3-5(2)7(9(14)15)10-4-6(11)8(12)13;7-4-2-1-3-5(8)6(9)10;1-4(2)3-5(7)6(8)9;1-3(2)4(6)5(7)8;3-1-2(4)5/h5-7,10-11H,3-4H2,1-2H3,(H,12,13)(H,14,15);5H,1-4,7-8H2,(H,9,10);4-5H,3,7H2,1-2H3,(H,8,9);3-4H,6H2,1-2H3,(H,7,8);1,3H2,(H,4,5)/t5-,6?,7-;2*5-;4-;/m0000./s1. The molecule has 0 rings (SSSR count). The summed E-state index contributed by atoms with van der Waals surface area (Å²) in [5.41, 5.74) is 25.4. The van der Waals surface area contributed by atoms with Crippen LogP contribution in [0.15, 0.2) is 0 Å². The molecule has 19 heteroatoms. The van der Waals surface area contributed by atoms with Crippen LogP contribution in [0.2, 0.25) is 0 Å². The van der Waals surface area contributed by atoms with Gasteiger partial charge in [-0.15, -0.1) is 0 Å². The smallest absolute Gasteiger partial charge is 0.333 e. The zero-order valence-corrected chi connectivity index (χ0v) is 28.2. The van der Waals surface area contributed by atoms with Crippen LogP contribution in [0.1, 0.15) is 73.6 Å². The molecule has 280 valence electrons. The monoisotopic (exact) mass is 688 g/mol. The van der Waals surface area contributed by atoms with Crippen LogP contribution in [-0.2, 0) is 28.8 Å². The highest BCUT2D eigenvalue weighted by molar-refractivity contribution is 5.75. The highest BCUT2D eigenvalue weighted by atomic mass is 16.4. The van der Waals surface area contributed by atoms with E-state index in [9.17, 15) is 28.8 Å². The first-order valence-corrected chi connectivity index (χ1v) is 14.9. The minimum Gasteiger partial charge on any atom is -0.480 e. The third-order valence-electron chi connectivity index (χ3n) is 5.80. The van der Waals surface area contributed by atoms with Crippen LogP contribution in [0.4, 0.5) is 0 Å². The molecule has 0 amide bonds. The van der Waals surface area contributed by atoms with Crippen molar-refractivity contribution < 1.29 is 64.5 Å². The summed E-state index contributed by atoms with van der Waals surface area (Å²) in [4.78, 5) is 60.6. The number of rotatable bonds is 18. The van der Waals surface area contributed by atoms with Gasteiger partial charge >= 0.3 is 35.8 Å². The minimum absolute atomic E-state index is 0.0208. The predicted molar refractivity (Wildman–Crippen MR) is 173 cm³/mol. The predicted octanol–water partition coefficient (Wildman–Crippen LogP) is -1.42. The van der Waals surface area contributed by atoms with Crippen molar-refractivity contribution >= 4 is 35.8 Å². The largest absolute Gasteiger partial charge is 0.480 e. The van der Waals surface area contributed by atoms with E-state index >= 15 is 0 Å². The quantitative estimate of drug-likeness (QED) is 0.0734. The second kappa shape index (κ2) is 32.5. The molecule has 0 saturated carbocycles. The Morgan fingerprint density at radius 2 is 1.13 bits per heavy atom. The lowest BCUT2D eigenvalue weighted by molar-refractivity contribution is -0.148. The first-order chi connectivity index (χ1) is 21.4. The van der Waals surface area contributed by atoms with Crippen molar-refractivity contribution in [3.8, 4) is 0 Å². The van der Waals surface area contributed by atoms with Crippen LogP contribution in [0, 0.1) is 17.8 Å². The molecule has 0 aliphatic heterocycles. The second-order valence-electron chi connectivity index (χ2n) is 11.0. The molecule has 0 aromatic heterocycles. The van der Waals surface area contributed by atoms with Crippen molar-refractivity contribution in [1.82, 2.24) is 5.32 Å². The molecule has 0 aromatic rings. The maximum absolute atomic E-state index is 10.8. The molecule has 19 nitrogen and oxygen atoms in total. The Hall–Kier alpha value is -3.46. The van der Waals surface area contributed by atoms with Gasteiger partial charge in [-0.3, -0.25) is 24.0 Å². The summed E-state index contributed by atoms with van der Waals surface area (Å²) in [6.07, 6.45) is 1.80. The van der Waals surface area contributed by atoms with Crippen LogP contribution in [0.25, 0.3) is 0 Å². The van der Waals surface area contributed by atoms with Crippen LogP contribution in [-0.4, -0.2) is 121 Å². The van der Waals surface area contributed by atoms with E-state index in [1.165, 1.54) is 0 Å². The molecular weight excluding hydrogens is 628 g/mol. The molecule has 47 heavy (non-hydrogen) atoms. The Kier molecular flexibility index (Phi) is 36.7. The van der Waals surface area contributed by atoms with Gasteiger partial charge in [-0.2, -0.15) is 0 Å². The van der Waals surface area contributed by atoms with E-state index in [0.29, 0.717) is 31.7 Å². The fourth-order valence-corrected chi connectivity index (χ4v) is 2.62. The Balaban J connectivity index is -0.000000163. The van der Waals surface area contributed by atoms with E-state index in [4.69, 9.17) is 58.7 Å². The van der Waals surface area contributed by atoms with Gasteiger partial charge in [-0.25, -0.2) is 4.79 Å². The van der Waals surface area contributed by atoms with Crippen molar-refractivity contribution in [1.29, 1.82) is 0 Å². The van der Waals surface area contributed by atoms with Gasteiger partial charge in [0.1, 0.15) is 24.2 Å². The van der Waals surface area contributed by atoms with Gasteiger partial charge < -0.3 is 69.7 Å². The Morgan fingerprint density at radius 1 is 0.681 bits per heavy atom. The lowest BCUT2D eigenvalue weighted by atomic mass is 9.99. The van der Waals surface area contributed by atoms with E-state index < -0.39 is 66.1 Å². The van der Waals surface area contributed by atoms with Crippen LogP contribution in [0.5, 0.6) is 0 Å². The Bertz CT molecular complexity index is 878. The fraction of sp³-hybridized carbons (Fsp3) is 0.786. The molecule has 1 unspecified atom stereocenters. The van der Waals surface area contributed by atoms with Gasteiger partial charge in [0.05, 0.1) is 6.54 Å². The average molecular weight is 689 g/mol. The maximum Gasteiger partial charge on any atom is 0.333 e. The number of unbranched alkanes of at least 4 members (excludes halogenated alkanes) is 1. The summed E-state index contributed by atoms with van der Waals surface area (Å²) in [6.45, 7) is 11.1. The number of hydrogen-bond donors (Lipinski definition) is 13. The topological polar surface area (TPSA) is 386 Å². The van der Waals surface area contributed by atoms with E-state index in [1.807, 2.05) is 20.8 Å². The summed E-state index contributed by atoms with van der Waals surface area (Å²) >= 11 is 0. The van der Waals surface area contributed by atoms with E-state index in [1.54, 1.807) is 20.8 Å². The number of carbonyl (C=O) groups is 6. The minimum atomic E-state index is -1.57. The number of aliphatic hydroxyl groups is 1. The van der Waals surface area contributed by atoms with Crippen molar-refractivity contribution in [2.45, 2.75) is 104 Å². The van der Waals surface area contributed by atoms with Crippen molar-refractivity contribution in [3.63, 3.8) is 0 Å². The molecule has 0 aliphatic rings. The molecule has 0 aliphatic carbocycles. The molecule has 0 heterocycles. The van der Waals surface area contributed by atoms with Gasteiger partial charge in [0.15, 0.2) is 6.10 Å². The zero-order valence-electron chi connectivity index (χ0n) is 28.2.